The molecule has 1 aromatic carbocycles. The number of aromatic nitrogens is 2. The van der Waals surface area contributed by atoms with Crippen LogP contribution in [-0.2, 0) is 10.2 Å². The van der Waals surface area contributed by atoms with Crippen molar-refractivity contribution in [3.05, 3.63) is 48.2 Å². The summed E-state index contributed by atoms with van der Waals surface area (Å²) in [5.41, 5.74) is 4.44. The van der Waals surface area contributed by atoms with E-state index in [1.807, 2.05) is 6.07 Å². The van der Waals surface area contributed by atoms with Crippen molar-refractivity contribution in [2.75, 3.05) is 11.9 Å². The maximum Gasteiger partial charge on any atom is 0.322 e. The predicted molar refractivity (Wildman–Crippen MR) is 96.4 cm³/mol. The fourth-order valence-electron chi connectivity index (χ4n) is 2.60. The van der Waals surface area contributed by atoms with Crippen LogP contribution in [0.4, 0.5) is 5.82 Å². The van der Waals surface area contributed by atoms with E-state index < -0.39 is 5.97 Å². The number of benzene rings is 1. The number of nitrogens with one attached hydrogen (secondary N) is 2. The third-order valence-electron chi connectivity index (χ3n) is 3.97. The standard InChI is InChI=1S/C19H21N3O2/c1-19(2,3)14-6-4-5-12(7-14)15-8-13-9-17(21-11-18(23)24)20-10-16(13)22-15/h4-10,22H,11H2,1-3H3,(H,20,21)(H,23,24). The van der Waals surface area contributed by atoms with Crippen molar-refractivity contribution < 1.29 is 9.90 Å². The van der Waals surface area contributed by atoms with E-state index in [0.29, 0.717) is 5.82 Å². The summed E-state index contributed by atoms with van der Waals surface area (Å²) in [6, 6.07) is 12.4. The Morgan fingerprint density at radius 1 is 1.25 bits per heavy atom. The first kappa shape index (κ1) is 16.1. The van der Waals surface area contributed by atoms with E-state index in [9.17, 15) is 4.79 Å². The lowest BCUT2D eigenvalue weighted by atomic mass is 9.86. The van der Waals surface area contributed by atoms with Gasteiger partial charge in [-0.3, -0.25) is 4.79 Å². The minimum absolute atomic E-state index is 0.0947. The van der Waals surface area contributed by atoms with Gasteiger partial charge in [-0.05, 0) is 34.7 Å². The van der Waals surface area contributed by atoms with Gasteiger partial charge in [-0.15, -0.1) is 0 Å². The first-order valence-electron chi connectivity index (χ1n) is 7.88. The lowest BCUT2D eigenvalue weighted by Gasteiger charge is -2.19. The van der Waals surface area contributed by atoms with Crippen LogP contribution in [0.5, 0.6) is 0 Å². The van der Waals surface area contributed by atoms with E-state index in [0.717, 1.165) is 22.2 Å². The number of H-pyrrole nitrogens is 1. The molecule has 0 aliphatic heterocycles. The Bertz CT molecular complexity index is 891. The summed E-state index contributed by atoms with van der Waals surface area (Å²) >= 11 is 0. The average Bonchev–Trinajstić information content (AvgIpc) is 2.95. The van der Waals surface area contributed by atoms with Crippen LogP contribution in [-0.4, -0.2) is 27.6 Å². The summed E-state index contributed by atoms with van der Waals surface area (Å²) in [5, 5.41) is 12.5. The molecule has 0 saturated heterocycles. The molecule has 0 saturated carbocycles. The number of carboxylic acids is 1. The summed E-state index contributed by atoms with van der Waals surface area (Å²) in [7, 11) is 0. The Morgan fingerprint density at radius 3 is 2.75 bits per heavy atom. The first-order valence-corrected chi connectivity index (χ1v) is 7.88. The second-order valence-electron chi connectivity index (χ2n) is 6.92. The van der Waals surface area contributed by atoms with Gasteiger partial charge in [-0.25, -0.2) is 4.98 Å². The zero-order valence-electron chi connectivity index (χ0n) is 14.1. The summed E-state index contributed by atoms with van der Waals surface area (Å²) < 4.78 is 0. The Balaban J connectivity index is 1.95. The Hall–Kier alpha value is -2.82. The third kappa shape index (κ3) is 3.40. The van der Waals surface area contributed by atoms with Crippen molar-refractivity contribution in [1.29, 1.82) is 0 Å². The summed E-state index contributed by atoms with van der Waals surface area (Å²) in [6.45, 7) is 6.44. The number of hydrogen-bond donors (Lipinski definition) is 3. The molecule has 2 aromatic heterocycles. The van der Waals surface area contributed by atoms with Crippen molar-refractivity contribution in [2.24, 2.45) is 0 Å². The van der Waals surface area contributed by atoms with Gasteiger partial charge in [-0.1, -0.05) is 39.0 Å². The first-order chi connectivity index (χ1) is 11.3. The molecule has 0 atom stereocenters. The number of carboxylic acid groups (broad SMARTS) is 1. The number of rotatable bonds is 4. The number of hydrogen-bond acceptors (Lipinski definition) is 3. The smallest absolute Gasteiger partial charge is 0.322 e. The monoisotopic (exact) mass is 323 g/mol. The molecule has 124 valence electrons. The third-order valence-corrected chi connectivity index (χ3v) is 3.97. The van der Waals surface area contributed by atoms with Crippen LogP contribution in [0, 0.1) is 0 Å². The maximum absolute atomic E-state index is 10.6. The van der Waals surface area contributed by atoms with Gasteiger partial charge in [0.2, 0.25) is 0 Å². The van der Waals surface area contributed by atoms with Crippen molar-refractivity contribution >= 4 is 22.7 Å². The summed E-state index contributed by atoms with van der Waals surface area (Å²) in [4.78, 5) is 18.3. The number of aromatic amines is 1. The molecule has 0 radical (unpaired) electrons. The van der Waals surface area contributed by atoms with Crippen molar-refractivity contribution in [3.8, 4) is 11.3 Å². The van der Waals surface area contributed by atoms with Gasteiger partial charge < -0.3 is 15.4 Å². The zero-order valence-corrected chi connectivity index (χ0v) is 14.1. The van der Waals surface area contributed by atoms with Gasteiger partial charge in [-0.2, -0.15) is 0 Å². The molecule has 0 aliphatic carbocycles. The SMILES string of the molecule is CC(C)(C)c1cccc(-c2cc3cc(NCC(=O)O)ncc3[nH]2)c1. The second-order valence-corrected chi connectivity index (χ2v) is 6.92. The Morgan fingerprint density at radius 2 is 2.04 bits per heavy atom. The van der Waals surface area contributed by atoms with Crippen LogP contribution in [0.3, 0.4) is 0 Å². The average molecular weight is 323 g/mol. The Kier molecular flexibility index (Phi) is 4.01. The number of anilines is 1. The van der Waals surface area contributed by atoms with Crippen LogP contribution >= 0.6 is 0 Å². The highest BCUT2D eigenvalue weighted by Gasteiger charge is 2.14. The van der Waals surface area contributed by atoms with Crippen molar-refractivity contribution in [2.45, 2.75) is 26.2 Å². The van der Waals surface area contributed by atoms with Crippen LogP contribution < -0.4 is 5.32 Å². The van der Waals surface area contributed by atoms with Crippen molar-refractivity contribution in [3.63, 3.8) is 0 Å². The molecule has 0 aliphatic rings. The summed E-state index contributed by atoms with van der Waals surface area (Å²) in [5.74, 6) is -0.357. The highest BCUT2D eigenvalue weighted by atomic mass is 16.4. The fourth-order valence-corrected chi connectivity index (χ4v) is 2.60. The summed E-state index contributed by atoms with van der Waals surface area (Å²) in [6.07, 6.45) is 1.72. The molecule has 0 unspecified atom stereocenters. The molecule has 0 spiro atoms. The van der Waals surface area contributed by atoms with E-state index in [4.69, 9.17) is 5.11 Å². The molecule has 0 fully saturated rings. The van der Waals surface area contributed by atoms with Crippen LogP contribution in [0.25, 0.3) is 22.2 Å². The largest absolute Gasteiger partial charge is 0.480 e. The molecular formula is C19H21N3O2. The van der Waals surface area contributed by atoms with Crippen molar-refractivity contribution in [1.82, 2.24) is 9.97 Å². The van der Waals surface area contributed by atoms with Gasteiger partial charge in [0.1, 0.15) is 12.4 Å². The minimum Gasteiger partial charge on any atom is -0.480 e. The van der Waals surface area contributed by atoms with Gasteiger partial charge >= 0.3 is 5.97 Å². The quantitative estimate of drug-likeness (QED) is 0.677. The van der Waals surface area contributed by atoms with E-state index in [1.54, 1.807) is 6.20 Å². The molecule has 2 heterocycles. The number of fused-ring (bicyclic) bond motifs is 1. The molecule has 5 heteroatoms. The van der Waals surface area contributed by atoms with Gasteiger partial charge in [0, 0.05) is 11.1 Å². The highest BCUT2D eigenvalue weighted by Crippen LogP contribution is 2.29. The Labute approximate surface area is 140 Å². The van der Waals surface area contributed by atoms with Crippen LogP contribution in [0.2, 0.25) is 0 Å². The maximum atomic E-state index is 10.6. The minimum atomic E-state index is -0.911. The molecule has 3 N–H and O–H groups in total. The molecule has 24 heavy (non-hydrogen) atoms. The predicted octanol–water partition coefficient (Wildman–Crippen LogP) is 4.02. The second kappa shape index (κ2) is 6.00. The fraction of sp³-hybridized carbons (Fsp3) is 0.263. The molecule has 0 amide bonds. The van der Waals surface area contributed by atoms with Crippen LogP contribution in [0.1, 0.15) is 26.3 Å². The van der Waals surface area contributed by atoms with Gasteiger partial charge in [0.15, 0.2) is 0 Å². The van der Waals surface area contributed by atoms with Gasteiger partial charge in [0.05, 0.1) is 11.7 Å². The van der Waals surface area contributed by atoms with E-state index in [1.165, 1.54) is 5.56 Å². The molecule has 0 bridgehead atoms. The lowest BCUT2D eigenvalue weighted by molar-refractivity contribution is -0.134. The number of nitrogens with zero attached hydrogens (tertiary/aromatic N) is 1. The number of carbonyl (C=O) groups is 1. The van der Waals surface area contributed by atoms with E-state index in [-0.39, 0.29) is 12.0 Å². The van der Waals surface area contributed by atoms with E-state index in [2.05, 4.69) is 66.4 Å². The normalized spacial score (nSPS) is 11.6. The topological polar surface area (TPSA) is 78.0 Å². The number of aliphatic carboxylic acids is 1. The van der Waals surface area contributed by atoms with E-state index >= 15 is 0 Å². The zero-order chi connectivity index (χ0) is 17.3. The number of pyridine rings is 1. The molecule has 3 rings (SSSR count). The molecule has 3 aromatic rings. The van der Waals surface area contributed by atoms with Gasteiger partial charge in [0.25, 0.3) is 0 Å². The molecule has 5 nitrogen and oxygen atoms in total. The van der Waals surface area contributed by atoms with Crippen LogP contribution in [0.15, 0.2) is 42.6 Å². The lowest BCUT2D eigenvalue weighted by Crippen LogP contribution is -2.12. The highest BCUT2D eigenvalue weighted by molar-refractivity contribution is 5.87. The molecular weight excluding hydrogens is 302 g/mol.